The fourth-order valence-electron chi connectivity index (χ4n) is 1.67. The van der Waals surface area contributed by atoms with E-state index in [0.717, 1.165) is 4.47 Å². The zero-order chi connectivity index (χ0) is 13.1. The smallest absolute Gasteiger partial charge is 0.211 e. The number of rotatable bonds is 2. The van der Waals surface area contributed by atoms with E-state index in [9.17, 15) is 9.59 Å². The molecule has 0 radical (unpaired) electrons. The first-order valence-electron chi connectivity index (χ1n) is 4.75. The van der Waals surface area contributed by atoms with Gasteiger partial charge in [-0.1, -0.05) is 28.1 Å². The van der Waals surface area contributed by atoms with Crippen molar-refractivity contribution in [2.45, 2.75) is 0 Å². The highest BCUT2D eigenvalue weighted by molar-refractivity contribution is 9.11. The summed E-state index contributed by atoms with van der Waals surface area (Å²) < 4.78 is 1.39. The fraction of sp³-hybridized carbons (Fsp3) is 0. The molecule has 6 heteroatoms. The van der Waals surface area contributed by atoms with E-state index in [2.05, 4.69) is 41.8 Å². The van der Waals surface area contributed by atoms with E-state index in [1.165, 1.54) is 12.2 Å². The lowest BCUT2D eigenvalue weighted by molar-refractivity contribution is 0.564. The van der Waals surface area contributed by atoms with Crippen LogP contribution in [-0.4, -0.2) is 12.2 Å². The molecule has 0 aromatic heterocycles. The van der Waals surface area contributed by atoms with Crippen LogP contribution >= 0.6 is 31.9 Å². The Bertz CT molecular complexity index is 730. The fourth-order valence-corrected chi connectivity index (χ4v) is 3.15. The van der Waals surface area contributed by atoms with Crippen molar-refractivity contribution < 1.29 is 9.59 Å². The van der Waals surface area contributed by atoms with Crippen LogP contribution in [0.3, 0.4) is 0 Å². The summed E-state index contributed by atoms with van der Waals surface area (Å²) in [7, 11) is 0. The van der Waals surface area contributed by atoms with Crippen molar-refractivity contribution >= 4 is 66.2 Å². The summed E-state index contributed by atoms with van der Waals surface area (Å²) in [6.07, 6.45) is 3.01. The number of fused-ring (bicyclic) bond motifs is 1. The van der Waals surface area contributed by atoms with Gasteiger partial charge in [-0.3, -0.25) is 0 Å². The van der Waals surface area contributed by atoms with Crippen LogP contribution < -0.4 is 0 Å². The van der Waals surface area contributed by atoms with E-state index in [1.54, 1.807) is 24.3 Å². The van der Waals surface area contributed by atoms with E-state index in [-0.39, 0.29) is 0 Å². The van der Waals surface area contributed by atoms with Crippen molar-refractivity contribution in [2.24, 2.45) is 9.98 Å². The molecule has 4 nitrogen and oxygen atoms in total. The van der Waals surface area contributed by atoms with Gasteiger partial charge < -0.3 is 0 Å². The number of isocyanates is 2. The molecule has 0 aliphatic rings. The summed E-state index contributed by atoms with van der Waals surface area (Å²) in [5, 5.41) is 1.38. The standard InChI is InChI=1S/C12H4Br2N2O2/c13-8-4-9(14)12(16-6-18)7-2-1-3-10(11(7)8)15-5-17/h1-4H. The minimum Gasteiger partial charge on any atom is -0.211 e. The van der Waals surface area contributed by atoms with Crippen LogP contribution in [-0.2, 0) is 9.59 Å². The van der Waals surface area contributed by atoms with Crippen LogP contribution in [0.15, 0.2) is 43.2 Å². The molecular formula is C12H4Br2N2O2. The van der Waals surface area contributed by atoms with Gasteiger partial charge in [-0.2, -0.15) is 9.98 Å². The second-order valence-corrected chi connectivity index (χ2v) is 5.00. The molecule has 0 atom stereocenters. The van der Waals surface area contributed by atoms with Gasteiger partial charge in [0.05, 0.1) is 11.4 Å². The Morgan fingerprint density at radius 1 is 1.00 bits per heavy atom. The number of hydrogen-bond donors (Lipinski definition) is 0. The van der Waals surface area contributed by atoms with Crippen molar-refractivity contribution in [3.63, 3.8) is 0 Å². The van der Waals surface area contributed by atoms with Crippen LogP contribution in [0.4, 0.5) is 11.4 Å². The Morgan fingerprint density at radius 3 is 2.39 bits per heavy atom. The molecule has 0 aliphatic carbocycles. The zero-order valence-corrected chi connectivity index (χ0v) is 11.9. The maximum Gasteiger partial charge on any atom is 0.240 e. The maximum atomic E-state index is 10.5. The van der Waals surface area contributed by atoms with Crippen LogP contribution in [0.25, 0.3) is 10.8 Å². The summed E-state index contributed by atoms with van der Waals surface area (Å²) in [5.41, 5.74) is 0.912. The first-order chi connectivity index (χ1) is 8.69. The third-order valence-electron chi connectivity index (χ3n) is 2.34. The van der Waals surface area contributed by atoms with Gasteiger partial charge in [0.2, 0.25) is 12.2 Å². The van der Waals surface area contributed by atoms with Gasteiger partial charge in [0.25, 0.3) is 0 Å². The summed E-state index contributed by atoms with van der Waals surface area (Å²) in [5.74, 6) is 0. The lowest BCUT2D eigenvalue weighted by atomic mass is 10.1. The van der Waals surface area contributed by atoms with Gasteiger partial charge in [-0.15, -0.1) is 0 Å². The van der Waals surface area contributed by atoms with E-state index in [1.807, 2.05) is 0 Å². The molecule has 2 aromatic rings. The predicted octanol–water partition coefficient (Wildman–Crippen LogP) is 4.30. The number of aliphatic imine (C=N–C) groups is 2. The molecule has 0 saturated heterocycles. The minimum atomic E-state index is 0.450. The molecule has 0 aliphatic heterocycles. The molecule has 0 amide bonds. The second-order valence-electron chi connectivity index (χ2n) is 3.29. The number of hydrogen-bond acceptors (Lipinski definition) is 4. The average molecular weight is 368 g/mol. The Labute approximate surface area is 119 Å². The third-order valence-corrected chi connectivity index (χ3v) is 3.57. The Hall–Kier alpha value is -1.58. The Kier molecular flexibility index (Phi) is 3.84. The monoisotopic (exact) mass is 366 g/mol. The SMILES string of the molecule is O=C=Nc1c(Br)cc(Br)c2c(N=C=O)cccc12. The highest BCUT2D eigenvalue weighted by atomic mass is 79.9. The van der Waals surface area contributed by atoms with Crippen LogP contribution in [0.2, 0.25) is 0 Å². The van der Waals surface area contributed by atoms with Crippen molar-refractivity contribution in [1.82, 2.24) is 0 Å². The number of nitrogens with zero attached hydrogens (tertiary/aromatic N) is 2. The second kappa shape index (κ2) is 5.38. The number of halogens is 2. The van der Waals surface area contributed by atoms with Gasteiger partial charge in [0.15, 0.2) is 0 Å². The predicted molar refractivity (Wildman–Crippen MR) is 74.9 cm³/mol. The van der Waals surface area contributed by atoms with Crippen molar-refractivity contribution in [1.29, 1.82) is 0 Å². The topological polar surface area (TPSA) is 58.9 Å². The van der Waals surface area contributed by atoms with E-state index < -0.39 is 0 Å². The van der Waals surface area contributed by atoms with Gasteiger partial charge in [-0.05, 0) is 28.1 Å². The highest BCUT2D eigenvalue weighted by Gasteiger charge is 2.12. The Morgan fingerprint density at radius 2 is 1.72 bits per heavy atom. The van der Waals surface area contributed by atoms with E-state index in [4.69, 9.17) is 0 Å². The molecule has 2 rings (SSSR count). The van der Waals surface area contributed by atoms with Crippen molar-refractivity contribution in [3.05, 3.63) is 33.2 Å². The zero-order valence-electron chi connectivity index (χ0n) is 8.78. The Balaban J connectivity index is 3.01. The first kappa shape index (κ1) is 12.9. The van der Waals surface area contributed by atoms with Gasteiger partial charge >= 0.3 is 0 Å². The van der Waals surface area contributed by atoms with Gasteiger partial charge in [-0.25, -0.2) is 9.59 Å². The summed E-state index contributed by atoms with van der Waals surface area (Å²) in [6.45, 7) is 0. The minimum absolute atomic E-state index is 0.450. The molecular weight excluding hydrogens is 364 g/mol. The maximum absolute atomic E-state index is 10.5. The molecule has 0 N–H and O–H groups in total. The molecule has 18 heavy (non-hydrogen) atoms. The summed E-state index contributed by atoms with van der Waals surface area (Å²) >= 11 is 6.72. The number of carbonyl (C=O) groups excluding carboxylic acids is 2. The van der Waals surface area contributed by atoms with Crippen LogP contribution in [0.1, 0.15) is 0 Å². The molecule has 0 unspecified atom stereocenters. The molecule has 0 bridgehead atoms. The molecule has 88 valence electrons. The normalized spacial score (nSPS) is 9.67. The largest absolute Gasteiger partial charge is 0.240 e. The molecule has 0 saturated carbocycles. The van der Waals surface area contributed by atoms with Crippen LogP contribution in [0, 0.1) is 0 Å². The summed E-state index contributed by atoms with van der Waals surface area (Å²) in [6, 6.07) is 6.93. The quantitative estimate of drug-likeness (QED) is 0.586. The van der Waals surface area contributed by atoms with Crippen LogP contribution in [0.5, 0.6) is 0 Å². The van der Waals surface area contributed by atoms with E-state index >= 15 is 0 Å². The highest BCUT2D eigenvalue weighted by Crippen LogP contribution is 2.42. The van der Waals surface area contributed by atoms with Gasteiger partial charge in [0.1, 0.15) is 0 Å². The lowest BCUT2D eigenvalue weighted by Crippen LogP contribution is -1.80. The molecule has 0 fully saturated rings. The number of benzene rings is 2. The summed E-state index contributed by atoms with van der Waals surface area (Å²) in [4.78, 5) is 28.2. The average Bonchev–Trinajstić information content (AvgIpc) is 2.34. The van der Waals surface area contributed by atoms with Gasteiger partial charge in [0, 0.05) is 19.7 Å². The van der Waals surface area contributed by atoms with Crippen molar-refractivity contribution in [2.75, 3.05) is 0 Å². The molecule has 0 spiro atoms. The lowest BCUT2D eigenvalue weighted by Gasteiger charge is -2.07. The molecule has 0 heterocycles. The molecule has 2 aromatic carbocycles. The third kappa shape index (κ3) is 2.19. The van der Waals surface area contributed by atoms with Crippen molar-refractivity contribution in [3.8, 4) is 0 Å². The van der Waals surface area contributed by atoms with E-state index in [0.29, 0.717) is 26.6 Å². The first-order valence-corrected chi connectivity index (χ1v) is 6.34.